The van der Waals surface area contributed by atoms with Gasteiger partial charge in [-0.15, -0.1) is 0 Å². The van der Waals surface area contributed by atoms with Gasteiger partial charge >= 0.3 is 0 Å². The summed E-state index contributed by atoms with van der Waals surface area (Å²) in [6, 6.07) is 11.0. The van der Waals surface area contributed by atoms with E-state index in [2.05, 4.69) is 5.32 Å². The van der Waals surface area contributed by atoms with Gasteiger partial charge in [0.05, 0.1) is 19.8 Å². The summed E-state index contributed by atoms with van der Waals surface area (Å²) in [5.41, 5.74) is 0.848. The summed E-state index contributed by atoms with van der Waals surface area (Å²) in [5.74, 6) is 1.54. The molecule has 2 N–H and O–H groups in total. The maximum Gasteiger partial charge on any atom is 0.287 e. The Morgan fingerprint density at radius 2 is 1.97 bits per heavy atom. The molecule has 1 atom stereocenters. The van der Waals surface area contributed by atoms with E-state index in [-0.39, 0.29) is 42.2 Å². The van der Waals surface area contributed by atoms with Crippen LogP contribution in [0, 0.1) is 5.92 Å². The highest BCUT2D eigenvalue weighted by Gasteiger charge is 2.35. The molecule has 7 heteroatoms. The summed E-state index contributed by atoms with van der Waals surface area (Å²) in [5, 5.41) is 12.5. The number of aliphatic hydroxyl groups is 1. The molecule has 166 valence electrons. The first kappa shape index (κ1) is 21.4. The Balaban J connectivity index is 1.30. The van der Waals surface area contributed by atoms with Gasteiger partial charge in [-0.2, -0.15) is 0 Å². The minimum atomic E-state index is -0.233. The monoisotopic (exact) mass is 426 g/mol. The molecule has 7 nitrogen and oxygen atoms in total. The fourth-order valence-electron chi connectivity index (χ4n) is 4.68. The van der Waals surface area contributed by atoms with Crippen LogP contribution in [-0.4, -0.2) is 54.2 Å². The Morgan fingerprint density at radius 3 is 2.71 bits per heavy atom. The van der Waals surface area contributed by atoms with Crippen LogP contribution in [0.15, 0.2) is 40.8 Å². The Hall–Kier alpha value is -2.80. The molecule has 0 unspecified atom stereocenters. The van der Waals surface area contributed by atoms with Gasteiger partial charge in [-0.3, -0.25) is 9.59 Å². The van der Waals surface area contributed by atoms with Crippen molar-refractivity contribution in [3.05, 3.63) is 42.2 Å². The van der Waals surface area contributed by atoms with Gasteiger partial charge in [0, 0.05) is 24.1 Å². The standard InChI is InChI=1S/C24H30N2O5/c1-30-20-6-2-4-17(14-20)21-11-12-22(31-21)23(28)25-18-9-7-16(8-10-18)24(29)26-13-3-5-19(26)15-27/h2,4,6,11-12,14,16,18-19,27H,3,5,7-10,13,15H2,1H3,(H,25,28)/t16?,18?,19-/m1/s1. The van der Waals surface area contributed by atoms with Crippen molar-refractivity contribution in [1.29, 1.82) is 0 Å². The molecule has 2 amide bonds. The third kappa shape index (κ3) is 4.77. The van der Waals surface area contributed by atoms with Crippen molar-refractivity contribution in [3.63, 3.8) is 0 Å². The van der Waals surface area contributed by atoms with E-state index in [1.807, 2.05) is 29.2 Å². The number of carbonyl (C=O) groups is 2. The van der Waals surface area contributed by atoms with Crippen LogP contribution in [0.2, 0.25) is 0 Å². The molecule has 1 saturated carbocycles. The smallest absolute Gasteiger partial charge is 0.287 e. The molecule has 0 radical (unpaired) electrons. The summed E-state index contributed by atoms with van der Waals surface area (Å²) < 4.78 is 11.0. The molecular weight excluding hydrogens is 396 g/mol. The lowest BCUT2D eigenvalue weighted by Gasteiger charge is -2.32. The molecule has 2 heterocycles. The van der Waals surface area contributed by atoms with E-state index in [1.165, 1.54) is 0 Å². The molecule has 0 bridgehead atoms. The number of aliphatic hydroxyl groups excluding tert-OH is 1. The Labute approximate surface area is 182 Å². The summed E-state index contributed by atoms with van der Waals surface area (Å²) in [6.45, 7) is 0.785. The molecule has 1 aromatic carbocycles. The first-order valence-corrected chi connectivity index (χ1v) is 11.1. The van der Waals surface area contributed by atoms with Gasteiger partial charge in [-0.05, 0) is 62.8 Å². The fourth-order valence-corrected chi connectivity index (χ4v) is 4.68. The quantitative estimate of drug-likeness (QED) is 0.740. The van der Waals surface area contributed by atoms with Crippen LogP contribution in [0.1, 0.15) is 49.1 Å². The lowest BCUT2D eigenvalue weighted by molar-refractivity contribution is -0.138. The van der Waals surface area contributed by atoms with E-state index in [4.69, 9.17) is 9.15 Å². The van der Waals surface area contributed by atoms with Crippen LogP contribution in [0.25, 0.3) is 11.3 Å². The van der Waals surface area contributed by atoms with Gasteiger partial charge in [-0.1, -0.05) is 12.1 Å². The highest BCUT2D eigenvalue weighted by molar-refractivity contribution is 5.92. The third-order valence-corrected chi connectivity index (χ3v) is 6.47. The van der Waals surface area contributed by atoms with Crippen molar-refractivity contribution >= 4 is 11.8 Å². The van der Waals surface area contributed by atoms with Gasteiger partial charge in [0.25, 0.3) is 5.91 Å². The number of furan rings is 1. The predicted molar refractivity (Wildman–Crippen MR) is 116 cm³/mol. The van der Waals surface area contributed by atoms with E-state index in [9.17, 15) is 14.7 Å². The number of nitrogens with one attached hydrogen (secondary N) is 1. The largest absolute Gasteiger partial charge is 0.497 e. The molecule has 0 spiro atoms. The zero-order valence-electron chi connectivity index (χ0n) is 17.9. The van der Waals surface area contributed by atoms with Crippen molar-refractivity contribution in [1.82, 2.24) is 10.2 Å². The van der Waals surface area contributed by atoms with Gasteiger partial charge in [0.15, 0.2) is 5.76 Å². The minimum absolute atomic E-state index is 0.0106. The lowest BCUT2D eigenvalue weighted by atomic mass is 9.85. The molecule has 1 aliphatic carbocycles. The van der Waals surface area contributed by atoms with E-state index < -0.39 is 0 Å². The number of carbonyl (C=O) groups excluding carboxylic acids is 2. The van der Waals surface area contributed by atoms with Crippen molar-refractivity contribution in [3.8, 4) is 17.1 Å². The van der Waals surface area contributed by atoms with E-state index >= 15 is 0 Å². The van der Waals surface area contributed by atoms with Crippen LogP contribution in [0.3, 0.4) is 0 Å². The first-order chi connectivity index (χ1) is 15.1. The molecule has 1 aliphatic heterocycles. The molecule has 2 aliphatic rings. The first-order valence-electron chi connectivity index (χ1n) is 11.1. The maximum atomic E-state index is 12.8. The zero-order valence-corrected chi connectivity index (χ0v) is 17.9. The van der Waals surface area contributed by atoms with Gasteiger partial charge < -0.3 is 24.5 Å². The lowest BCUT2D eigenvalue weighted by Crippen LogP contribution is -2.44. The van der Waals surface area contributed by atoms with E-state index in [1.54, 1.807) is 19.2 Å². The fraction of sp³-hybridized carbons (Fsp3) is 0.500. The third-order valence-electron chi connectivity index (χ3n) is 6.47. The average Bonchev–Trinajstić information content (AvgIpc) is 3.49. The summed E-state index contributed by atoms with van der Waals surface area (Å²) >= 11 is 0. The number of rotatable bonds is 6. The van der Waals surface area contributed by atoms with Gasteiger partial charge in [0.2, 0.25) is 5.91 Å². The Bertz CT molecular complexity index is 916. The Morgan fingerprint density at radius 1 is 1.16 bits per heavy atom. The SMILES string of the molecule is COc1cccc(-c2ccc(C(=O)NC3CCC(C(=O)N4CCC[C@@H]4CO)CC3)o2)c1. The van der Waals surface area contributed by atoms with Crippen LogP contribution < -0.4 is 10.1 Å². The Kier molecular flexibility index (Phi) is 6.61. The van der Waals surface area contributed by atoms with Gasteiger partial charge in [0.1, 0.15) is 11.5 Å². The van der Waals surface area contributed by atoms with Crippen molar-refractivity contribution in [2.45, 2.75) is 50.6 Å². The van der Waals surface area contributed by atoms with Crippen LogP contribution in [0.4, 0.5) is 0 Å². The molecule has 4 rings (SSSR count). The molecule has 1 saturated heterocycles. The van der Waals surface area contributed by atoms with Crippen molar-refractivity contribution in [2.75, 3.05) is 20.3 Å². The van der Waals surface area contributed by atoms with Crippen LogP contribution >= 0.6 is 0 Å². The number of hydrogen-bond acceptors (Lipinski definition) is 5. The molecule has 2 fully saturated rings. The van der Waals surface area contributed by atoms with E-state index in [0.29, 0.717) is 5.76 Å². The van der Waals surface area contributed by atoms with Crippen LogP contribution in [0.5, 0.6) is 5.75 Å². The topological polar surface area (TPSA) is 92.0 Å². The molecular formula is C24H30N2O5. The maximum absolute atomic E-state index is 12.8. The highest BCUT2D eigenvalue weighted by Crippen LogP contribution is 2.30. The normalized spacial score (nSPS) is 23.5. The summed E-state index contributed by atoms with van der Waals surface area (Å²) in [6.07, 6.45) is 4.89. The predicted octanol–water partition coefficient (Wildman–Crippen LogP) is 3.23. The van der Waals surface area contributed by atoms with E-state index in [0.717, 1.165) is 56.4 Å². The highest BCUT2D eigenvalue weighted by atomic mass is 16.5. The van der Waals surface area contributed by atoms with Crippen molar-refractivity contribution in [2.24, 2.45) is 5.92 Å². The second-order valence-corrected chi connectivity index (χ2v) is 8.43. The average molecular weight is 427 g/mol. The number of benzene rings is 1. The van der Waals surface area contributed by atoms with Gasteiger partial charge in [-0.25, -0.2) is 0 Å². The number of likely N-dealkylation sites (tertiary alicyclic amines) is 1. The number of nitrogens with zero attached hydrogens (tertiary/aromatic N) is 1. The molecule has 2 aromatic rings. The number of methoxy groups -OCH3 is 1. The number of amides is 2. The number of ether oxygens (including phenoxy) is 1. The number of hydrogen-bond donors (Lipinski definition) is 2. The van der Waals surface area contributed by atoms with Crippen molar-refractivity contribution < 1.29 is 23.8 Å². The minimum Gasteiger partial charge on any atom is -0.497 e. The molecule has 31 heavy (non-hydrogen) atoms. The second kappa shape index (κ2) is 9.56. The summed E-state index contributed by atoms with van der Waals surface area (Å²) in [4.78, 5) is 27.3. The second-order valence-electron chi connectivity index (χ2n) is 8.43. The molecule has 1 aromatic heterocycles. The zero-order chi connectivity index (χ0) is 21.8. The van der Waals surface area contributed by atoms with Crippen LogP contribution in [-0.2, 0) is 4.79 Å². The summed E-state index contributed by atoms with van der Waals surface area (Å²) in [7, 11) is 1.61.